The van der Waals surface area contributed by atoms with E-state index in [1.54, 1.807) is 18.5 Å². The maximum Gasteiger partial charge on any atom is 0.147 e. The molecule has 0 aliphatic heterocycles. The van der Waals surface area contributed by atoms with E-state index in [0.29, 0.717) is 5.69 Å². The maximum atomic E-state index is 14.1. The predicted octanol–water partition coefficient (Wildman–Crippen LogP) is 3.79. The smallest absolute Gasteiger partial charge is 0.147 e. The normalized spacial score (nSPS) is 11.0. The van der Waals surface area contributed by atoms with Crippen molar-refractivity contribution in [3.05, 3.63) is 54.1 Å². The van der Waals surface area contributed by atoms with E-state index >= 15 is 0 Å². The van der Waals surface area contributed by atoms with E-state index in [-0.39, 0.29) is 5.82 Å². The SMILES string of the molecule is Cc1ccc(N(C)c2ccc3ncn(C)c3c2)c(F)c1. The molecule has 0 unspecified atom stereocenters. The number of rotatable bonds is 2. The number of fused-ring (bicyclic) bond motifs is 1. The van der Waals surface area contributed by atoms with E-state index in [1.807, 2.05) is 54.8 Å². The van der Waals surface area contributed by atoms with Crippen LogP contribution in [0.1, 0.15) is 5.56 Å². The first-order valence-corrected chi connectivity index (χ1v) is 6.47. The molecule has 0 saturated heterocycles. The quantitative estimate of drug-likeness (QED) is 0.705. The monoisotopic (exact) mass is 269 g/mol. The third kappa shape index (κ3) is 2.03. The number of aromatic nitrogens is 2. The average Bonchev–Trinajstić information content (AvgIpc) is 2.79. The van der Waals surface area contributed by atoms with Gasteiger partial charge in [0.2, 0.25) is 0 Å². The molecular weight excluding hydrogens is 253 g/mol. The lowest BCUT2D eigenvalue weighted by molar-refractivity contribution is 0.626. The molecule has 1 aromatic heterocycles. The average molecular weight is 269 g/mol. The van der Waals surface area contributed by atoms with Crippen molar-refractivity contribution in [2.75, 3.05) is 11.9 Å². The van der Waals surface area contributed by atoms with E-state index in [0.717, 1.165) is 22.3 Å². The molecule has 0 fully saturated rings. The van der Waals surface area contributed by atoms with Crippen LogP contribution in [0.4, 0.5) is 15.8 Å². The first-order chi connectivity index (χ1) is 9.56. The van der Waals surface area contributed by atoms with Crippen molar-refractivity contribution < 1.29 is 4.39 Å². The zero-order chi connectivity index (χ0) is 14.3. The summed E-state index contributed by atoms with van der Waals surface area (Å²) in [7, 11) is 3.82. The standard InChI is InChI=1S/C16H16FN3/c1-11-4-7-15(13(17)8-11)20(3)12-5-6-14-16(9-12)19(2)10-18-14/h4-10H,1-3H3. The molecule has 0 saturated carbocycles. The minimum Gasteiger partial charge on any atom is -0.342 e. The Hall–Kier alpha value is -2.36. The summed E-state index contributed by atoms with van der Waals surface area (Å²) >= 11 is 0. The molecule has 4 heteroatoms. The van der Waals surface area contributed by atoms with Crippen LogP contribution in [0, 0.1) is 12.7 Å². The zero-order valence-electron chi connectivity index (χ0n) is 11.8. The second-order valence-electron chi connectivity index (χ2n) is 5.04. The minimum absolute atomic E-state index is 0.211. The van der Waals surface area contributed by atoms with Gasteiger partial charge in [0.15, 0.2) is 0 Å². The fraction of sp³-hybridized carbons (Fsp3) is 0.188. The van der Waals surface area contributed by atoms with Crippen LogP contribution >= 0.6 is 0 Å². The Bertz CT molecular complexity index is 776. The number of imidazole rings is 1. The fourth-order valence-corrected chi connectivity index (χ4v) is 2.35. The van der Waals surface area contributed by atoms with Crippen LogP contribution in [0.15, 0.2) is 42.7 Å². The number of anilines is 2. The Labute approximate surface area is 117 Å². The Morgan fingerprint density at radius 3 is 2.70 bits per heavy atom. The molecule has 0 bridgehead atoms. The summed E-state index contributed by atoms with van der Waals surface area (Å²) < 4.78 is 16.0. The Kier molecular flexibility index (Phi) is 2.93. The van der Waals surface area contributed by atoms with Gasteiger partial charge in [0.1, 0.15) is 5.82 Å². The summed E-state index contributed by atoms with van der Waals surface area (Å²) in [5.41, 5.74) is 4.39. The second kappa shape index (κ2) is 4.63. The number of hydrogen-bond acceptors (Lipinski definition) is 2. The Morgan fingerprint density at radius 2 is 1.95 bits per heavy atom. The highest BCUT2D eigenvalue weighted by Gasteiger charge is 2.11. The molecule has 0 atom stereocenters. The molecule has 0 aliphatic carbocycles. The van der Waals surface area contributed by atoms with Crippen LogP contribution < -0.4 is 4.90 Å². The number of aryl methyl sites for hydroxylation is 2. The van der Waals surface area contributed by atoms with E-state index in [9.17, 15) is 4.39 Å². The number of nitrogens with zero attached hydrogens (tertiary/aromatic N) is 3. The van der Waals surface area contributed by atoms with Crippen LogP contribution in [0.2, 0.25) is 0 Å². The number of halogens is 1. The van der Waals surface area contributed by atoms with Crippen molar-refractivity contribution in [3.8, 4) is 0 Å². The third-order valence-corrected chi connectivity index (χ3v) is 3.56. The first kappa shape index (κ1) is 12.7. The highest BCUT2D eigenvalue weighted by molar-refractivity contribution is 5.81. The van der Waals surface area contributed by atoms with Crippen molar-refractivity contribution in [1.82, 2.24) is 9.55 Å². The van der Waals surface area contributed by atoms with Crippen LogP contribution in [-0.2, 0) is 7.05 Å². The lowest BCUT2D eigenvalue weighted by Crippen LogP contribution is -2.11. The van der Waals surface area contributed by atoms with Crippen LogP contribution in [0.3, 0.4) is 0 Å². The van der Waals surface area contributed by atoms with E-state index in [4.69, 9.17) is 0 Å². The van der Waals surface area contributed by atoms with Crippen LogP contribution in [-0.4, -0.2) is 16.6 Å². The lowest BCUT2D eigenvalue weighted by atomic mass is 10.2. The van der Waals surface area contributed by atoms with Gasteiger partial charge in [0, 0.05) is 19.8 Å². The molecule has 0 spiro atoms. The predicted molar refractivity (Wildman–Crippen MR) is 79.9 cm³/mol. The second-order valence-corrected chi connectivity index (χ2v) is 5.04. The maximum absolute atomic E-state index is 14.1. The molecule has 1 heterocycles. The summed E-state index contributed by atoms with van der Waals surface area (Å²) in [5, 5.41) is 0. The molecule has 2 aromatic carbocycles. The molecule has 0 amide bonds. The van der Waals surface area contributed by atoms with Gasteiger partial charge in [-0.3, -0.25) is 0 Å². The van der Waals surface area contributed by atoms with Crippen molar-refractivity contribution in [1.29, 1.82) is 0 Å². The van der Waals surface area contributed by atoms with E-state index in [1.165, 1.54) is 0 Å². The summed E-state index contributed by atoms with van der Waals surface area (Å²) in [5.74, 6) is -0.211. The summed E-state index contributed by atoms with van der Waals surface area (Å²) in [6.07, 6.45) is 1.78. The molecule has 0 radical (unpaired) electrons. The summed E-state index contributed by atoms with van der Waals surface area (Å²) in [6, 6.07) is 11.2. The third-order valence-electron chi connectivity index (χ3n) is 3.56. The van der Waals surface area contributed by atoms with Crippen molar-refractivity contribution in [3.63, 3.8) is 0 Å². The first-order valence-electron chi connectivity index (χ1n) is 6.47. The molecule has 3 nitrogen and oxygen atoms in total. The van der Waals surface area contributed by atoms with Gasteiger partial charge in [-0.05, 0) is 42.8 Å². The lowest BCUT2D eigenvalue weighted by Gasteiger charge is -2.20. The summed E-state index contributed by atoms with van der Waals surface area (Å²) in [4.78, 5) is 6.14. The van der Waals surface area contributed by atoms with Crippen molar-refractivity contribution in [2.24, 2.45) is 7.05 Å². The molecule has 102 valence electrons. The highest BCUT2D eigenvalue weighted by Crippen LogP contribution is 2.28. The molecule has 20 heavy (non-hydrogen) atoms. The Morgan fingerprint density at radius 1 is 1.15 bits per heavy atom. The molecule has 3 rings (SSSR count). The van der Waals surface area contributed by atoms with Gasteiger partial charge in [-0.25, -0.2) is 9.37 Å². The van der Waals surface area contributed by atoms with E-state index < -0.39 is 0 Å². The van der Waals surface area contributed by atoms with Gasteiger partial charge in [0.25, 0.3) is 0 Å². The zero-order valence-corrected chi connectivity index (χ0v) is 11.8. The van der Waals surface area contributed by atoms with Gasteiger partial charge < -0.3 is 9.47 Å². The van der Waals surface area contributed by atoms with Gasteiger partial charge in [-0.15, -0.1) is 0 Å². The van der Waals surface area contributed by atoms with Crippen molar-refractivity contribution >= 4 is 22.4 Å². The van der Waals surface area contributed by atoms with Crippen LogP contribution in [0.25, 0.3) is 11.0 Å². The molecular formula is C16H16FN3. The minimum atomic E-state index is -0.211. The largest absolute Gasteiger partial charge is 0.342 e. The summed E-state index contributed by atoms with van der Waals surface area (Å²) in [6.45, 7) is 1.88. The van der Waals surface area contributed by atoms with Crippen LogP contribution in [0.5, 0.6) is 0 Å². The van der Waals surface area contributed by atoms with Gasteiger partial charge in [-0.2, -0.15) is 0 Å². The van der Waals surface area contributed by atoms with E-state index in [2.05, 4.69) is 4.98 Å². The fourth-order valence-electron chi connectivity index (χ4n) is 2.35. The molecule has 0 N–H and O–H groups in total. The highest BCUT2D eigenvalue weighted by atomic mass is 19.1. The molecule has 3 aromatic rings. The number of benzene rings is 2. The molecule has 0 aliphatic rings. The van der Waals surface area contributed by atoms with Gasteiger partial charge in [0.05, 0.1) is 23.0 Å². The van der Waals surface area contributed by atoms with Crippen molar-refractivity contribution in [2.45, 2.75) is 6.92 Å². The topological polar surface area (TPSA) is 21.1 Å². The van der Waals surface area contributed by atoms with Gasteiger partial charge >= 0.3 is 0 Å². The number of hydrogen-bond donors (Lipinski definition) is 0. The van der Waals surface area contributed by atoms with Gasteiger partial charge in [-0.1, -0.05) is 6.07 Å². The Balaban J connectivity index is 2.07.